The molecule has 1 heteroatoms. The Balaban J connectivity index is 2.92. The van der Waals surface area contributed by atoms with Crippen molar-refractivity contribution in [1.82, 2.24) is 0 Å². The molecule has 2 atom stereocenters. The van der Waals surface area contributed by atoms with Gasteiger partial charge in [-0.3, -0.25) is 4.79 Å². The summed E-state index contributed by atoms with van der Waals surface area (Å²) in [6.07, 6.45) is 7.40. The van der Waals surface area contributed by atoms with Gasteiger partial charge in [0.15, 0.2) is 0 Å². The third kappa shape index (κ3) is 2.50. The van der Waals surface area contributed by atoms with Crippen LogP contribution >= 0.6 is 0 Å². The summed E-state index contributed by atoms with van der Waals surface area (Å²) in [7, 11) is 0. The lowest BCUT2D eigenvalue weighted by Crippen LogP contribution is -2.36. The molecule has 0 N–H and O–H groups in total. The second-order valence-corrected chi connectivity index (χ2v) is 5.14. The fourth-order valence-corrected chi connectivity index (χ4v) is 2.86. The lowest BCUT2D eigenvalue weighted by atomic mass is 9.64. The summed E-state index contributed by atoms with van der Waals surface area (Å²) >= 11 is 0. The van der Waals surface area contributed by atoms with E-state index in [1.807, 2.05) is 0 Å². The first-order chi connectivity index (χ1) is 7.05. The van der Waals surface area contributed by atoms with E-state index in [-0.39, 0.29) is 11.3 Å². The van der Waals surface area contributed by atoms with Crippen molar-refractivity contribution in [2.24, 2.45) is 11.3 Å². The molecule has 0 heterocycles. The van der Waals surface area contributed by atoms with Crippen LogP contribution in [-0.2, 0) is 4.79 Å². The van der Waals surface area contributed by atoms with E-state index in [4.69, 9.17) is 0 Å². The second-order valence-electron chi connectivity index (χ2n) is 5.14. The average Bonchev–Trinajstić information content (AvgIpc) is 2.18. The SMILES string of the molecule is CCCC(=O)C1C(C)=CCCC1(C)CC. The van der Waals surface area contributed by atoms with Crippen molar-refractivity contribution < 1.29 is 4.79 Å². The molecule has 0 aromatic heterocycles. The summed E-state index contributed by atoms with van der Waals surface area (Å²) in [6.45, 7) is 8.71. The molecule has 15 heavy (non-hydrogen) atoms. The third-order valence-electron chi connectivity index (χ3n) is 3.96. The van der Waals surface area contributed by atoms with Gasteiger partial charge in [0.05, 0.1) is 0 Å². The van der Waals surface area contributed by atoms with Crippen LogP contribution in [0.3, 0.4) is 0 Å². The van der Waals surface area contributed by atoms with Gasteiger partial charge in [-0.15, -0.1) is 0 Å². The molecule has 0 saturated carbocycles. The summed E-state index contributed by atoms with van der Waals surface area (Å²) < 4.78 is 0. The number of ketones is 1. The molecule has 0 bridgehead atoms. The van der Waals surface area contributed by atoms with E-state index in [1.165, 1.54) is 12.0 Å². The molecule has 0 aromatic carbocycles. The zero-order chi connectivity index (χ0) is 11.5. The Labute approximate surface area is 93.9 Å². The van der Waals surface area contributed by atoms with Gasteiger partial charge in [-0.25, -0.2) is 0 Å². The molecule has 0 saturated heterocycles. The predicted molar refractivity (Wildman–Crippen MR) is 64.8 cm³/mol. The lowest BCUT2D eigenvalue weighted by molar-refractivity contribution is -0.125. The molecule has 0 fully saturated rings. The van der Waals surface area contributed by atoms with Gasteiger partial charge in [0.1, 0.15) is 5.78 Å². The summed E-state index contributed by atoms with van der Waals surface area (Å²) in [4.78, 5) is 12.1. The third-order valence-corrected chi connectivity index (χ3v) is 3.96. The number of allylic oxidation sites excluding steroid dienone is 2. The van der Waals surface area contributed by atoms with Crippen molar-refractivity contribution in [2.75, 3.05) is 0 Å². The smallest absolute Gasteiger partial charge is 0.140 e. The van der Waals surface area contributed by atoms with Crippen LogP contribution in [0.2, 0.25) is 0 Å². The Bertz CT molecular complexity index is 265. The van der Waals surface area contributed by atoms with E-state index in [0.29, 0.717) is 5.78 Å². The van der Waals surface area contributed by atoms with E-state index in [0.717, 1.165) is 25.7 Å². The summed E-state index contributed by atoms with van der Waals surface area (Å²) in [5.41, 5.74) is 1.52. The van der Waals surface area contributed by atoms with Crippen LogP contribution < -0.4 is 0 Å². The Hall–Kier alpha value is -0.590. The second kappa shape index (κ2) is 4.96. The van der Waals surface area contributed by atoms with Crippen molar-refractivity contribution in [1.29, 1.82) is 0 Å². The standard InChI is InChI=1S/C14H24O/c1-5-8-12(15)13-11(3)9-7-10-14(13,4)6-2/h9,13H,5-8,10H2,1-4H3. The molecule has 1 rings (SSSR count). The van der Waals surface area contributed by atoms with Gasteiger partial charge in [0.25, 0.3) is 0 Å². The molecule has 0 radical (unpaired) electrons. The fourth-order valence-electron chi connectivity index (χ4n) is 2.86. The molecule has 1 aliphatic carbocycles. The van der Waals surface area contributed by atoms with Crippen molar-refractivity contribution in [2.45, 2.75) is 59.8 Å². The van der Waals surface area contributed by atoms with Gasteiger partial charge in [-0.2, -0.15) is 0 Å². The molecule has 0 spiro atoms. The van der Waals surface area contributed by atoms with E-state index in [2.05, 4.69) is 33.8 Å². The number of hydrogen-bond acceptors (Lipinski definition) is 1. The topological polar surface area (TPSA) is 17.1 Å². The first kappa shape index (κ1) is 12.5. The number of rotatable bonds is 4. The maximum atomic E-state index is 12.1. The van der Waals surface area contributed by atoms with Crippen LogP contribution in [0.25, 0.3) is 0 Å². The van der Waals surface area contributed by atoms with Gasteiger partial charge < -0.3 is 0 Å². The first-order valence-electron chi connectivity index (χ1n) is 6.24. The van der Waals surface area contributed by atoms with Gasteiger partial charge >= 0.3 is 0 Å². The maximum Gasteiger partial charge on any atom is 0.140 e. The highest BCUT2D eigenvalue weighted by atomic mass is 16.1. The number of Topliss-reactive ketones (excluding diaryl/α,β-unsaturated/α-hetero) is 1. The Morgan fingerprint density at radius 2 is 2.20 bits per heavy atom. The van der Waals surface area contributed by atoms with Crippen LogP contribution in [0, 0.1) is 11.3 Å². The Kier molecular flexibility index (Phi) is 4.12. The van der Waals surface area contributed by atoms with Crippen LogP contribution in [0.4, 0.5) is 0 Å². The van der Waals surface area contributed by atoms with Crippen molar-refractivity contribution in [3.8, 4) is 0 Å². The fraction of sp³-hybridized carbons (Fsp3) is 0.786. The van der Waals surface area contributed by atoms with E-state index in [9.17, 15) is 4.79 Å². The largest absolute Gasteiger partial charge is 0.299 e. The summed E-state index contributed by atoms with van der Waals surface area (Å²) in [5.74, 6) is 0.645. The van der Waals surface area contributed by atoms with Crippen molar-refractivity contribution >= 4 is 5.78 Å². The normalized spacial score (nSPS) is 31.2. The Morgan fingerprint density at radius 3 is 2.73 bits per heavy atom. The van der Waals surface area contributed by atoms with Crippen molar-refractivity contribution in [3.05, 3.63) is 11.6 Å². The quantitative estimate of drug-likeness (QED) is 0.635. The summed E-state index contributed by atoms with van der Waals surface area (Å²) in [6, 6.07) is 0. The monoisotopic (exact) mass is 208 g/mol. The maximum absolute atomic E-state index is 12.1. The highest BCUT2D eigenvalue weighted by molar-refractivity contribution is 5.84. The van der Waals surface area contributed by atoms with Gasteiger partial charge in [-0.1, -0.05) is 32.4 Å². The Morgan fingerprint density at radius 1 is 1.53 bits per heavy atom. The number of carbonyl (C=O) groups is 1. The molecule has 0 amide bonds. The van der Waals surface area contributed by atoms with Crippen LogP contribution in [0.1, 0.15) is 59.8 Å². The highest BCUT2D eigenvalue weighted by Crippen LogP contribution is 2.44. The molecule has 86 valence electrons. The summed E-state index contributed by atoms with van der Waals surface area (Å²) in [5, 5.41) is 0. The minimum atomic E-state index is 0.191. The van der Waals surface area contributed by atoms with Gasteiger partial charge in [0.2, 0.25) is 0 Å². The first-order valence-corrected chi connectivity index (χ1v) is 6.24. The van der Waals surface area contributed by atoms with Gasteiger partial charge in [0, 0.05) is 12.3 Å². The molecular formula is C14H24O. The van der Waals surface area contributed by atoms with Gasteiger partial charge in [-0.05, 0) is 38.0 Å². The minimum Gasteiger partial charge on any atom is -0.299 e. The minimum absolute atomic E-state index is 0.191. The molecule has 0 aromatic rings. The number of hydrogen-bond donors (Lipinski definition) is 0. The zero-order valence-electron chi connectivity index (χ0n) is 10.6. The molecular weight excluding hydrogens is 184 g/mol. The molecule has 1 aliphatic rings. The van der Waals surface area contributed by atoms with E-state index >= 15 is 0 Å². The average molecular weight is 208 g/mol. The van der Waals surface area contributed by atoms with E-state index in [1.54, 1.807) is 0 Å². The van der Waals surface area contributed by atoms with Crippen LogP contribution in [0.5, 0.6) is 0 Å². The van der Waals surface area contributed by atoms with Crippen LogP contribution in [0.15, 0.2) is 11.6 Å². The molecule has 1 nitrogen and oxygen atoms in total. The van der Waals surface area contributed by atoms with E-state index < -0.39 is 0 Å². The zero-order valence-corrected chi connectivity index (χ0v) is 10.6. The van der Waals surface area contributed by atoms with Crippen LogP contribution in [-0.4, -0.2) is 5.78 Å². The lowest BCUT2D eigenvalue weighted by Gasteiger charge is -2.40. The molecule has 2 unspecified atom stereocenters. The predicted octanol–water partition coefficient (Wildman–Crippen LogP) is 4.13. The highest BCUT2D eigenvalue weighted by Gasteiger charge is 2.39. The molecule has 0 aliphatic heterocycles. The number of carbonyl (C=O) groups excluding carboxylic acids is 1. The van der Waals surface area contributed by atoms with Crippen molar-refractivity contribution in [3.63, 3.8) is 0 Å².